The van der Waals surface area contributed by atoms with Gasteiger partial charge in [0.05, 0.1) is 19.4 Å². The van der Waals surface area contributed by atoms with Crippen molar-refractivity contribution in [3.05, 3.63) is 71.7 Å². The molecule has 4 atom stereocenters. The number of hydrogen-bond acceptors (Lipinski definition) is 6. The van der Waals surface area contributed by atoms with Crippen LogP contribution in [0.4, 0.5) is 0 Å². The lowest BCUT2D eigenvalue weighted by molar-refractivity contribution is -0.0726. The molecule has 2 bridgehead atoms. The van der Waals surface area contributed by atoms with Crippen molar-refractivity contribution in [2.45, 2.75) is 45.3 Å². The van der Waals surface area contributed by atoms with Crippen LogP contribution in [0.1, 0.15) is 42.0 Å². The molecular formula is C25H28N6O2. The van der Waals surface area contributed by atoms with E-state index in [0.29, 0.717) is 24.4 Å². The highest BCUT2D eigenvalue weighted by Gasteiger charge is 2.64. The number of rotatable bonds is 7. The van der Waals surface area contributed by atoms with E-state index in [4.69, 9.17) is 19.6 Å². The van der Waals surface area contributed by atoms with E-state index in [1.165, 1.54) is 5.56 Å². The quantitative estimate of drug-likeness (QED) is 0.433. The summed E-state index contributed by atoms with van der Waals surface area (Å²) in [7, 11) is 0. The summed E-state index contributed by atoms with van der Waals surface area (Å²) in [5.74, 6) is 3.59. The minimum absolute atomic E-state index is 0.298. The van der Waals surface area contributed by atoms with Gasteiger partial charge in [-0.2, -0.15) is 5.10 Å². The van der Waals surface area contributed by atoms with Crippen LogP contribution in [0.5, 0.6) is 5.75 Å². The van der Waals surface area contributed by atoms with Crippen molar-refractivity contribution < 1.29 is 9.47 Å². The molecule has 170 valence electrons. The number of benzene rings is 1. The van der Waals surface area contributed by atoms with E-state index >= 15 is 0 Å². The fourth-order valence-electron chi connectivity index (χ4n) is 5.28. The summed E-state index contributed by atoms with van der Waals surface area (Å²) in [6.07, 6.45) is 4.49. The van der Waals surface area contributed by atoms with Crippen LogP contribution >= 0.6 is 0 Å². The molecule has 4 aromatic rings. The maximum atomic E-state index is 6.30. The minimum Gasteiger partial charge on any atom is -0.491 e. The second-order valence-electron chi connectivity index (χ2n) is 9.45. The number of pyridine rings is 1. The van der Waals surface area contributed by atoms with Crippen molar-refractivity contribution in [1.29, 1.82) is 0 Å². The second kappa shape index (κ2) is 7.66. The molecule has 7 rings (SSSR count). The van der Waals surface area contributed by atoms with Gasteiger partial charge in [0.2, 0.25) is 0 Å². The lowest BCUT2D eigenvalue weighted by Crippen LogP contribution is -2.48. The predicted octanol–water partition coefficient (Wildman–Crippen LogP) is 3.68. The Morgan fingerprint density at radius 3 is 2.85 bits per heavy atom. The van der Waals surface area contributed by atoms with E-state index in [-0.39, 0.29) is 0 Å². The van der Waals surface area contributed by atoms with Crippen LogP contribution in [0.3, 0.4) is 0 Å². The van der Waals surface area contributed by atoms with E-state index in [2.05, 4.69) is 41.3 Å². The van der Waals surface area contributed by atoms with Gasteiger partial charge in [-0.3, -0.25) is 0 Å². The van der Waals surface area contributed by atoms with Crippen molar-refractivity contribution in [1.82, 2.24) is 29.4 Å². The lowest BCUT2D eigenvalue weighted by Gasteiger charge is -2.42. The summed E-state index contributed by atoms with van der Waals surface area (Å²) in [5, 5.41) is 9.24. The largest absolute Gasteiger partial charge is 0.491 e. The highest BCUT2D eigenvalue weighted by molar-refractivity contribution is 5.50. The van der Waals surface area contributed by atoms with Crippen LogP contribution in [0.25, 0.3) is 5.65 Å². The minimum atomic E-state index is -0.440. The monoisotopic (exact) mass is 444 g/mol. The van der Waals surface area contributed by atoms with Crippen molar-refractivity contribution in [3.63, 3.8) is 0 Å². The van der Waals surface area contributed by atoms with Crippen molar-refractivity contribution in [2.75, 3.05) is 13.2 Å². The molecule has 3 aromatic heterocycles. The normalized spacial score (nSPS) is 24.7. The number of ether oxygens (including phenoxy) is 2. The van der Waals surface area contributed by atoms with Crippen LogP contribution in [-0.4, -0.2) is 42.6 Å². The zero-order valence-electron chi connectivity index (χ0n) is 19.2. The molecular weight excluding hydrogens is 416 g/mol. The Morgan fingerprint density at radius 2 is 2.09 bits per heavy atom. The number of nitrogens with zero attached hydrogens (tertiary/aromatic N) is 6. The fourth-order valence-corrected chi connectivity index (χ4v) is 5.28. The van der Waals surface area contributed by atoms with Crippen molar-refractivity contribution in [3.8, 4) is 5.75 Å². The molecule has 1 aliphatic carbocycles. The van der Waals surface area contributed by atoms with Gasteiger partial charge in [-0.1, -0.05) is 37.3 Å². The van der Waals surface area contributed by atoms with Gasteiger partial charge in [-0.15, -0.1) is 5.10 Å². The van der Waals surface area contributed by atoms with Crippen LogP contribution in [-0.2, 0) is 16.9 Å². The first-order valence-corrected chi connectivity index (χ1v) is 11.6. The first kappa shape index (κ1) is 20.4. The molecule has 0 radical (unpaired) electrons. The molecule has 3 unspecified atom stereocenters. The Labute approximate surface area is 192 Å². The van der Waals surface area contributed by atoms with Gasteiger partial charge in [0.1, 0.15) is 23.5 Å². The fraction of sp³-hybridized carbons (Fsp3) is 0.440. The third kappa shape index (κ3) is 3.31. The number of fused-ring (bicyclic) bond motifs is 2. The smallest absolute Gasteiger partial charge is 0.183 e. The van der Waals surface area contributed by atoms with Gasteiger partial charge < -0.3 is 9.47 Å². The average Bonchev–Trinajstić information content (AvgIpc) is 3.59. The van der Waals surface area contributed by atoms with Gasteiger partial charge in [-0.25, -0.2) is 19.2 Å². The Hall–Kier alpha value is -3.26. The van der Waals surface area contributed by atoms with Gasteiger partial charge in [0, 0.05) is 18.4 Å². The standard InChI is InChI=1S/C25H28N6O2/c1-16-9-21(32-13-17(2)19-7-5-4-6-8-19)11-31-23(16)28-24(29-31)25-10-20(14-33-25)22(25)12-30-18(3)26-15-27-30/h4-9,11,15,17,20,22H,10,12-14H2,1-3H3/t17-,20?,22?,25?/m0/s1. The molecule has 5 heterocycles. The maximum absolute atomic E-state index is 6.30. The van der Waals surface area contributed by atoms with Gasteiger partial charge in [-0.05, 0) is 43.4 Å². The van der Waals surface area contributed by atoms with E-state index in [0.717, 1.165) is 48.2 Å². The van der Waals surface area contributed by atoms with E-state index in [9.17, 15) is 0 Å². The molecule has 1 aromatic carbocycles. The Bertz CT molecular complexity index is 1290. The number of aromatic nitrogens is 6. The summed E-state index contributed by atoms with van der Waals surface area (Å²) in [5.41, 5.74) is 2.71. The van der Waals surface area contributed by atoms with Gasteiger partial charge >= 0.3 is 0 Å². The van der Waals surface area contributed by atoms with Gasteiger partial charge in [0.25, 0.3) is 0 Å². The van der Waals surface area contributed by atoms with E-state index in [1.54, 1.807) is 6.33 Å². The van der Waals surface area contributed by atoms with Crippen LogP contribution in [0.2, 0.25) is 0 Å². The molecule has 2 saturated heterocycles. The molecule has 8 heteroatoms. The third-order valence-electron chi connectivity index (χ3n) is 7.31. The Morgan fingerprint density at radius 1 is 1.24 bits per heavy atom. The lowest BCUT2D eigenvalue weighted by atomic mass is 9.63. The highest BCUT2D eigenvalue weighted by Crippen LogP contribution is 2.59. The van der Waals surface area contributed by atoms with Gasteiger partial charge in [0.15, 0.2) is 11.5 Å². The highest BCUT2D eigenvalue weighted by atomic mass is 16.5. The first-order valence-electron chi connectivity index (χ1n) is 11.6. The third-order valence-corrected chi connectivity index (χ3v) is 7.31. The summed E-state index contributed by atoms with van der Waals surface area (Å²) in [6, 6.07) is 12.5. The zero-order valence-corrected chi connectivity index (χ0v) is 19.2. The molecule has 3 aliphatic rings. The summed E-state index contributed by atoms with van der Waals surface area (Å²) in [6.45, 7) is 8.33. The zero-order chi connectivity index (χ0) is 22.6. The molecule has 33 heavy (non-hydrogen) atoms. The Kier molecular flexibility index (Phi) is 4.72. The molecule has 0 amide bonds. The molecule has 8 nitrogen and oxygen atoms in total. The van der Waals surface area contributed by atoms with Crippen LogP contribution in [0, 0.1) is 25.7 Å². The summed E-state index contributed by atoms with van der Waals surface area (Å²) < 4.78 is 16.2. The predicted molar refractivity (Wildman–Crippen MR) is 122 cm³/mol. The van der Waals surface area contributed by atoms with Crippen LogP contribution in [0.15, 0.2) is 48.9 Å². The summed E-state index contributed by atoms with van der Waals surface area (Å²) in [4.78, 5) is 9.18. The summed E-state index contributed by atoms with van der Waals surface area (Å²) >= 11 is 0. The number of hydrogen-bond donors (Lipinski definition) is 0. The molecule has 0 N–H and O–H groups in total. The van der Waals surface area contributed by atoms with Crippen LogP contribution < -0.4 is 4.74 Å². The molecule has 3 fully saturated rings. The second-order valence-corrected chi connectivity index (χ2v) is 9.45. The maximum Gasteiger partial charge on any atom is 0.183 e. The van der Waals surface area contributed by atoms with E-state index < -0.39 is 5.60 Å². The average molecular weight is 445 g/mol. The first-order chi connectivity index (χ1) is 16.0. The van der Waals surface area contributed by atoms with E-state index in [1.807, 2.05) is 41.4 Å². The topological polar surface area (TPSA) is 79.4 Å². The molecule has 0 spiro atoms. The van der Waals surface area contributed by atoms with Crippen molar-refractivity contribution >= 4 is 5.65 Å². The molecule has 2 aliphatic heterocycles. The Balaban J connectivity index is 1.24. The van der Waals surface area contributed by atoms with Crippen molar-refractivity contribution in [2.24, 2.45) is 11.8 Å². The SMILES string of the molecule is Cc1cc(OC[C@H](C)c2ccccc2)cn2nc(C34CC(CO3)C4Cn3ncnc3C)nc12. The number of aryl methyl sites for hydroxylation is 2. The molecule has 1 saturated carbocycles.